The third-order valence-electron chi connectivity index (χ3n) is 4.71. The predicted octanol–water partition coefficient (Wildman–Crippen LogP) is 5.82. The van der Waals surface area contributed by atoms with E-state index in [4.69, 9.17) is 11.5 Å². The van der Waals surface area contributed by atoms with Crippen LogP contribution in [0.5, 0.6) is 0 Å². The van der Waals surface area contributed by atoms with Crippen LogP contribution in [-0.4, -0.2) is 0 Å². The summed E-state index contributed by atoms with van der Waals surface area (Å²) in [6, 6.07) is 2.18. The lowest BCUT2D eigenvalue weighted by molar-refractivity contribution is 0.520. The number of benzene rings is 1. The van der Waals surface area contributed by atoms with Gasteiger partial charge in [0.2, 0.25) is 0 Å². The van der Waals surface area contributed by atoms with E-state index >= 15 is 0 Å². The van der Waals surface area contributed by atoms with Crippen LogP contribution >= 0.6 is 0 Å². The van der Waals surface area contributed by atoms with Crippen molar-refractivity contribution in [2.75, 3.05) is 11.5 Å². The van der Waals surface area contributed by atoms with Gasteiger partial charge in [-0.15, -0.1) is 0 Å². The van der Waals surface area contributed by atoms with Gasteiger partial charge in [-0.1, -0.05) is 53.4 Å². The second-order valence-electron chi connectivity index (χ2n) is 7.27. The van der Waals surface area contributed by atoms with Crippen LogP contribution in [0.2, 0.25) is 0 Å². The highest BCUT2D eigenvalue weighted by Crippen LogP contribution is 2.35. The second kappa shape index (κ2) is 9.07. The number of unbranched alkanes of at least 4 members (excludes halogenated alkanes) is 4. The molecule has 2 heteroatoms. The Labute approximate surface area is 137 Å². The summed E-state index contributed by atoms with van der Waals surface area (Å²) >= 11 is 0. The third-order valence-corrected chi connectivity index (χ3v) is 4.71. The molecule has 4 N–H and O–H groups in total. The van der Waals surface area contributed by atoms with Crippen molar-refractivity contribution in [3.63, 3.8) is 0 Å². The molecule has 0 fully saturated rings. The van der Waals surface area contributed by atoms with E-state index in [-0.39, 0.29) is 0 Å². The van der Waals surface area contributed by atoms with Crippen molar-refractivity contribution in [1.82, 2.24) is 0 Å². The lowest BCUT2D eigenvalue weighted by Gasteiger charge is -2.22. The summed E-state index contributed by atoms with van der Waals surface area (Å²) in [4.78, 5) is 0. The molecule has 0 aliphatic heterocycles. The van der Waals surface area contributed by atoms with Gasteiger partial charge in [-0.2, -0.15) is 0 Å². The van der Waals surface area contributed by atoms with Crippen LogP contribution in [0.4, 0.5) is 11.4 Å². The zero-order valence-electron chi connectivity index (χ0n) is 15.3. The van der Waals surface area contributed by atoms with E-state index in [9.17, 15) is 0 Å². The summed E-state index contributed by atoms with van der Waals surface area (Å²) in [5.41, 5.74) is 18.2. The number of anilines is 2. The van der Waals surface area contributed by atoms with Crippen LogP contribution in [0.3, 0.4) is 0 Å². The van der Waals surface area contributed by atoms with E-state index in [1.165, 1.54) is 49.7 Å². The molecule has 2 nitrogen and oxygen atoms in total. The minimum Gasteiger partial charge on any atom is -0.398 e. The molecular formula is C20H36N2. The predicted molar refractivity (Wildman–Crippen MR) is 100 cm³/mol. The van der Waals surface area contributed by atoms with Crippen LogP contribution in [0, 0.1) is 12.8 Å². The molecule has 0 amide bonds. The molecule has 22 heavy (non-hydrogen) atoms. The van der Waals surface area contributed by atoms with Gasteiger partial charge in [0, 0.05) is 11.4 Å². The first-order valence-corrected chi connectivity index (χ1v) is 9.05. The number of nitrogen functional groups attached to an aromatic ring is 2. The standard InChI is InChI=1S/C20H36N2/c1-6-7-8-9-10-11-17-18(15(4)12-14(2)3)13-19(21)16(5)20(17)22/h13-15H,6-12,21-22H2,1-5H3. The van der Waals surface area contributed by atoms with Crippen molar-refractivity contribution in [1.29, 1.82) is 0 Å². The Morgan fingerprint density at radius 1 is 1.00 bits per heavy atom. The average molecular weight is 305 g/mol. The van der Waals surface area contributed by atoms with Crippen molar-refractivity contribution >= 4 is 11.4 Å². The first kappa shape index (κ1) is 18.9. The van der Waals surface area contributed by atoms with E-state index in [0.717, 1.165) is 23.4 Å². The molecule has 0 spiro atoms. The SMILES string of the molecule is CCCCCCCc1c(C(C)CC(C)C)cc(N)c(C)c1N. The maximum atomic E-state index is 6.41. The second-order valence-corrected chi connectivity index (χ2v) is 7.27. The summed E-state index contributed by atoms with van der Waals surface area (Å²) in [6.45, 7) is 11.2. The summed E-state index contributed by atoms with van der Waals surface area (Å²) in [6.07, 6.45) is 8.77. The van der Waals surface area contributed by atoms with Gasteiger partial charge < -0.3 is 11.5 Å². The van der Waals surface area contributed by atoms with E-state index in [0.29, 0.717) is 11.8 Å². The first-order chi connectivity index (χ1) is 10.4. The fourth-order valence-electron chi connectivity index (χ4n) is 3.36. The lowest BCUT2D eigenvalue weighted by Crippen LogP contribution is -2.09. The van der Waals surface area contributed by atoms with Crippen molar-refractivity contribution in [2.45, 2.75) is 85.5 Å². The van der Waals surface area contributed by atoms with Crippen molar-refractivity contribution in [3.8, 4) is 0 Å². The Morgan fingerprint density at radius 3 is 2.23 bits per heavy atom. The molecule has 1 unspecified atom stereocenters. The molecule has 0 saturated carbocycles. The number of hydrogen-bond donors (Lipinski definition) is 2. The largest absolute Gasteiger partial charge is 0.398 e. The molecule has 1 rings (SSSR count). The molecule has 0 radical (unpaired) electrons. The molecule has 0 saturated heterocycles. The summed E-state index contributed by atoms with van der Waals surface area (Å²) in [7, 11) is 0. The van der Waals surface area contributed by atoms with Crippen molar-refractivity contribution < 1.29 is 0 Å². The monoisotopic (exact) mass is 304 g/mol. The normalized spacial score (nSPS) is 12.8. The van der Waals surface area contributed by atoms with E-state index in [1.54, 1.807) is 0 Å². The highest BCUT2D eigenvalue weighted by molar-refractivity contribution is 5.68. The Morgan fingerprint density at radius 2 is 1.64 bits per heavy atom. The molecule has 0 bridgehead atoms. The quantitative estimate of drug-likeness (QED) is 0.446. The van der Waals surface area contributed by atoms with E-state index in [2.05, 4.69) is 33.8 Å². The highest BCUT2D eigenvalue weighted by atomic mass is 14.6. The number of rotatable bonds is 9. The fourth-order valence-corrected chi connectivity index (χ4v) is 3.36. The zero-order chi connectivity index (χ0) is 16.7. The molecule has 1 aromatic rings. The molecule has 126 valence electrons. The Kier molecular flexibility index (Phi) is 7.78. The van der Waals surface area contributed by atoms with Crippen molar-refractivity contribution in [2.24, 2.45) is 5.92 Å². The van der Waals surface area contributed by atoms with Crippen LogP contribution in [0.1, 0.15) is 88.8 Å². The van der Waals surface area contributed by atoms with Gasteiger partial charge in [0.25, 0.3) is 0 Å². The number of nitrogens with two attached hydrogens (primary N) is 2. The number of hydrogen-bond acceptors (Lipinski definition) is 2. The fraction of sp³-hybridized carbons (Fsp3) is 0.700. The third kappa shape index (κ3) is 5.23. The topological polar surface area (TPSA) is 52.0 Å². The average Bonchev–Trinajstić information content (AvgIpc) is 2.45. The Balaban J connectivity index is 2.93. The maximum absolute atomic E-state index is 6.41. The van der Waals surface area contributed by atoms with Crippen LogP contribution < -0.4 is 11.5 Å². The Hall–Kier alpha value is -1.18. The molecule has 0 aliphatic carbocycles. The van der Waals surface area contributed by atoms with Gasteiger partial charge in [-0.25, -0.2) is 0 Å². The summed E-state index contributed by atoms with van der Waals surface area (Å²) < 4.78 is 0. The zero-order valence-corrected chi connectivity index (χ0v) is 15.3. The molecule has 1 aromatic carbocycles. The summed E-state index contributed by atoms with van der Waals surface area (Å²) in [5, 5.41) is 0. The van der Waals surface area contributed by atoms with Gasteiger partial charge >= 0.3 is 0 Å². The highest BCUT2D eigenvalue weighted by Gasteiger charge is 2.17. The summed E-state index contributed by atoms with van der Waals surface area (Å²) in [5.74, 6) is 1.21. The van der Waals surface area contributed by atoms with Gasteiger partial charge in [0.05, 0.1) is 0 Å². The lowest BCUT2D eigenvalue weighted by atomic mass is 9.85. The van der Waals surface area contributed by atoms with Crippen LogP contribution in [-0.2, 0) is 6.42 Å². The van der Waals surface area contributed by atoms with Crippen LogP contribution in [0.15, 0.2) is 6.07 Å². The Bertz CT molecular complexity index is 463. The van der Waals surface area contributed by atoms with Gasteiger partial charge in [0.15, 0.2) is 0 Å². The van der Waals surface area contributed by atoms with Gasteiger partial charge in [-0.3, -0.25) is 0 Å². The minimum absolute atomic E-state index is 0.524. The molecule has 0 heterocycles. The smallest absolute Gasteiger partial charge is 0.0399 e. The molecule has 0 aromatic heterocycles. The van der Waals surface area contributed by atoms with E-state index in [1.807, 2.05) is 6.92 Å². The van der Waals surface area contributed by atoms with Crippen molar-refractivity contribution in [3.05, 3.63) is 22.8 Å². The molecule has 0 aliphatic rings. The van der Waals surface area contributed by atoms with E-state index < -0.39 is 0 Å². The molecule has 1 atom stereocenters. The van der Waals surface area contributed by atoms with Gasteiger partial charge in [0.1, 0.15) is 0 Å². The first-order valence-electron chi connectivity index (χ1n) is 9.05. The maximum Gasteiger partial charge on any atom is 0.0399 e. The molecular weight excluding hydrogens is 268 g/mol. The van der Waals surface area contributed by atoms with Crippen LogP contribution in [0.25, 0.3) is 0 Å². The minimum atomic E-state index is 0.524. The van der Waals surface area contributed by atoms with Gasteiger partial charge in [-0.05, 0) is 60.8 Å².